The molecule has 0 N–H and O–H groups in total. The molecule has 0 unspecified atom stereocenters. The molecule has 0 atom stereocenters. The smallest absolute Gasteiger partial charge is 0.119 e. The number of pyridine rings is 1. The third-order valence-electron chi connectivity index (χ3n) is 1.92. The molecule has 0 aliphatic rings. The van der Waals surface area contributed by atoms with E-state index in [2.05, 4.69) is 17.1 Å². The quantitative estimate of drug-likeness (QED) is 0.723. The number of fused-ring (bicyclic) bond motifs is 1. The van der Waals surface area contributed by atoms with Gasteiger partial charge in [0.05, 0.1) is 5.52 Å². The van der Waals surface area contributed by atoms with Gasteiger partial charge in [0, 0.05) is 18.0 Å². The Hall–Kier alpha value is -1.70. The topological polar surface area (TPSA) is 30.0 Å². The van der Waals surface area contributed by atoms with Gasteiger partial charge in [-0.3, -0.25) is 4.98 Å². The Kier molecular flexibility index (Phi) is 9.73. The van der Waals surface area contributed by atoms with E-state index in [0.29, 0.717) is 6.42 Å². The molecule has 0 spiro atoms. The van der Waals surface area contributed by atoms with E-state index in [1.165, 1.54) is 5.39 Å². The van der Waals surface area contributed by atoms with Crippen molar-refractivity contribution in [3.05, 3.63) is 42.6 Å². The number of hydrogen-bond acceptors (Lipinski definition) is 2. The minimum absolute atomic E-state index is 0.708. The predicted molar refractivity (Wildman–Crippen MR) is 74.1 cm³/mol. The number of unbranched alkanes of at least 4 members (excludes halogenated alkanes) is 1. The van der Waals surface area contributed by atoms with E-state index in [-0.39, 0.29) is 0 Å². The lowest BCUT2D eigenvalue weighted by Gasteiger charge is -1.91. The van der Waals surface area contributed by atoms with Gasteiger partial charge in [0.1, 0.15) is 6.29 Å². The molecule has 0 radical (unpaired) electrons. The lowest BCUT2D eigenvalue weighted by atomic mass is 10.2. The van der Waals surface area contributed by atoms with Gasteiger partial charge in [-0.15, -0.1) is 0 Å². The Bertz CT molecular complexity index is 347. The first kappa shape index (κ1) is 15.3. The van der Waals surface area contributed by atoms with Gasteiger partial charge in [0.25, 0.3) is 0 Å². The van der Waals surface area contributed by atoms with Gasteiger partial charge in [-0.25, -0.2) is 0 Å². The number of aromatic nitrogens is 1. The Morgan fingerprint density at radius 1 is 1.12 bits per heavy atom. The molecule has 0 aliphatic carbocycles. The molecule has 17 heavy (non-hydrogen) atoms. The van der Waals surface area contributed by atoms with Crippen molar-refractivity contribution in [1.82, 2.24) is 4.98 Å². The van der Waals surface area contributed by atoms with Crippen molar-refractivity contribution in [2.75, 3.05) is 0 Å². The standard InChI is InChI=1S/C9H7N.C4H8O.C2H6/c1-2-6-9-8(4-1)5-3-7-10-9;1-2-3-4-5;1-2/h1-7H;4H,2-3H2,1H3;1-2H3. The number of rotatable bonds is 2. The van der Waals surface area contributed by atoms with Crippen LogP contribution in [0.5, 0.6) is 0 Å². The van der Waals surface area contributed by atoms with Gasteiger partial charge in [-0.1, -0.05) is 45.0 Å². The SMILES string of the molecule is CC.CCCC=O.c1ccc2ncccc2c1. The van der Waals surface area contributed by atoms with E-state index in [4.69, 9.17) is 0 Å². The maximum atomic E-state index is 9.40. The van der Waals surface area contributed by atoms with E-state index < -0.39 is 0 Å². The van der Waals surface area contributed by atoms with Crippen molar-refractivity contribution in [2.45, 2.75) is 33.6 Å². The average molecular weight is 231 g/mol. The van der Waals surface area contributed by atoms with Crippen LogP contribution in [0, 0.1) is 0 Å². The number of nitrogens with zero attached hydrogens (tertiary/aromatic N) is 1. The second-order valence-electron chi connectivity index (χ2n) is 3.15. The highest BCUT2D eigenvalue weighted by Crippen LogP contribution is 2.07. The fourth-order valence-corrected chi connectivity index (χ4v) is 1.13. The summed E-state index contributed by atoms with van der Waals surface area (Å²) in [6.07, 6.45) is 4.42. The van der Waals surface area contributed by atoms with Crippen LogP contribution in [-0.2, 0) is 4.79 Å². The van der Waals surface area contributed by atoms with Crippen molar-refractivity contribution in [1.29, 1.82) is 0 Å². The fraction of sp³-hybridized carbons (Fsp3) is 0.333. The largest absolute Gasteiger partial charge is 0.303 e. The summed E-state index contributed by atoms with van der Waals surface area (Å²) in [5.41, 5.74) is 1.06. The highest BCUT2D eigenvalue weighted by molar-refractivity contribution is 5.77. The molecule has 0 fully saturated rings. The Morgan fingerprint density at radius 2 is 1.76 bits per heavy atom. The van der Waals surface area contributed by atoms with Crippen molar-refractivity contribution in [3.8, 4) is 0 Å². The molecule has 2 rings (SSSR count). The molecular formula is C15H21NO. The lowest BCUT2D eigenvalue weighted by Crippen LogP contribution is -1.73. The zero-order chi connectivity index (χ0) is 12.9. The number of carbonyl (C=O) groups is 1. The molecule has 92 valence electrons. The Labute approximate surface area is 104 Å². The van der Waals surface area contributed by atoms with Crippen LogP contribution in [0.1, 0.15) is 33.6 Å². The van der Waals surface area contributed by atoms with Crippen molar-refractivity contribution in [3.63, 3.8) is 0 Å². The first-order valence-corrected chi connectivity index (χ1v) is 6.12. The van der Waals surface area contributed by atoms with Crippen LogP contribution in [0.3, 0.4) is 0 Å². The molecule has 2 heteroatoms. The van der Waals surface area contributed by atoms with E-state index in [1.807, 2.05) is 51.2 Å². The van der Waals surface area contributed by atoms with Crippen molar-refractivity contribution >= 4 is 17.2 Å². The van der Waals surface area contributed by atoms with Crippen LogP contribution in [0.4, 0.5) is 0 Å². The van der Waals surface area contributed by atoms with Crippen LogP contribution in [-0.4, -0.2) is 11.3 Å². The number of carbonyl (C=O) groups excluding carboxylic acids is 1. The maximum absolute atomic E-state index is 9.40. The van der Waals surface area contributed by atoms with Crippen LogP contribution < -0.4 is 0 Å². The van der Waals surface area contributed by atoms with Gasteiger partial charge >= 0.3 is 0 Å². The highest BCUT2D eigenvalue weighted by Gasteiger charge is 1.86. The summed E-state index contributed by atoms with van der Waals surface area (Å²) in [4.78, 5) is 13.6. The summed E-state index contributed by atoms with van der Waals surface area (Å²) in [7, 11) is 0. The molecule has 1 aromatic carbocycles. The first-order valence-electron chi connectivity index (χ1n) is 6.12. The maximum Gasteiger partial charge on any atom is 0.119 e. The van der Waals surface area contributed by atoms with Gasteiger partial charge in [-0.2, -0.15) is 0 Å². The Morgan fingerprint density at radius 3 is 2.29 bits per heavy atom. The number of benzene rings is 1. The van der Waals surface area contributed by atoms with Crippen LogP contribution in [0.2, 0.25) is 0 Å². The highest BCUT2D eigenvalue weighted by atomic mass is 16.1. The molecule has 2 nitrogen and oxygen atoms in total. The average Bonchev–Trinajstić information content (AvgIpc) is 2.43. The van der Waals surface area contributed by atoms with Crippen LogP contribution in [0.25, 0.3) is 10.9 Å². The summed E-state index contributed by atoms with van der Waals surface area (Å²) in [5, 5.41) is 1.20. The van der Waals surface area contributed by atoms with Crippen molar-refractivity contribution < 1.29 is 4.79 Å². The molecular weight excluding hydrogens is 210 g/mol. The minimum atomic E-state index is 0.708. The molecule has 0 amide bonds. The van der Waals surface area contributed by atoms with Crippen LogP contribution >= 0.6 is 0 Å². The Balaban J connectivity index is 0.000000315. The number of aldehydes is 1. The van der Waals surface area contributed by atoms with E-state index in [9.17, 15) is 4.79 Å². The fourth-order valence-electron chi connectivity index (χ4n) is 1.13. The molecule has 2 aromatic rings. The summed E-state index contributed by atoms with van der Waals surface area (Å²) in [6.45, 7) is 5.98. The first-order chi connectivity index (χ1) is 8.38. The third-order valence-corrected chi connectivity index (χ3v) is 1.92. The van der Waals surface area contributed by atoms with E-state index in [1.54, 1.807) is 0 Å². The molecule has 1 heterocycles. The van der Waals surface area contributed by atoms with Gasteiger partial charge in [0.15, 0.2) is 0 Å². The molecule has 1 aromatic heterocycles. The number of hydrogen-bond donors (Lipinski definition) is 0. The second kappa shape index (κ2) is 10.8. The zero-order valence-electron chi connectivity index (χ0n) is 10.9. The van der Waals surface area contributed by atoms with Crippen LogP contribution in [0.15, 0.2) is 42.6 Å². The molecule has 0 aliphatic heterocycles. The van der Waals surface area contributed by atoms with Gasteiger partial charge in [-0.05, 0) is 18.6 Å². The monoisotopic (exact) mass is 231 g/mol. The lowest BCUT2D eigenvalue weighted by molar-refractivity contribution is -0.107. The molecule has 0 saturated carbocycles. The normalized spacial score (nSPS) is 8.41. The van der Waals surface area contributed by atoms with Crippen molar-refractivity contribution in [2.24, 2.45) is 0 Å². The zero-order valence-corrected chi connectivity index (χ0v) is 10.9. The minimum Gasteiger partial charge on any atom is -0.303 e. The molecule has 0 bridgehead atoms. The predicted octanol–water partition coefficient (Wildman–Crippen LogP) is 4.25. The third kappa shape index (κ3) is 6.46. The van der Waals surface area contributed by atoms with Gasteiger partial charge in [0.2, 0.25) is 0 Å². The summed E-state index contributed by atoms with van der Waals surface area (Å²) < 4.78 is 0. The summed E-state index contributed by atoms with van der Waals surface area (Å²) in [5.74, 6) is 0. The van der Waals surface area contributed by atoms with Gasteiger partial charge < -0.3 is 4.79 Å². The van der Waals surface area contributed by atoms with E-state index in [0.717, 1.165) is 18.2 Å². The van der Waals surface area contributed by atoms with E-state index >= 15 is 0 Å². The summed E-state index contributed by atoms with van der Waals surface area (Å²) in [6, 6.07) is 12.1. The summed E-state index contributed by atoms with van der Waals surface area (Å²) >= 11 is 0. The second-order valence-corrected chi connectivity index (χ2v) is 3.15. The molecule has 0 saturated heterocycles. The number of para-hydroxylation sites is 1.